The van der Waals surface area contributed by atoms with Crippen LogP contribution in [0.5, 0.6) is 0 Å². The first-order valence-electron chi connectivity index (χ1n) is 7.48. The zero-order chi connectivity index (χ0) is 13.3. The van der Waals surface area contributed by atoms with E-state index >= 15 is 0 Å². The standard InChI is InChI=1S/C17H23NS/c1-2-4-13-7-10-17(18,11-8-13)15-6-3-5-14-9-12-19-16(14)15/h3,5-6,9,12-13H,2,4,7-8,10-11,18H2,1H3. The van der Waals surface area contributed by atoms with E-state index in [1.165, 1.54) is 41.3 Å². The smallest absolute Gasteiger partial charge is 0.0424 e. The van der Waals surface area contributed by atoms with Gasteiger partial charge >= 0.3 is 0 Å². The Morgan fingerprint density at radius 3 is 2.79 bits per heavy atom. The largest absolute Gasteiger partial charge is 0.321 e. The van der Waals surface area contributed by atoms with Gasteiger partial charge in [0, 0.05) is 10.2 Å². The molecule has 0 bridgehead atoms. The van der Waals surface area contributed by atoms with Crippen molar-refractivity contribution in [1.29, 1.82) is 0 Å². The zero-order valence-corrected chi connectivity index (χ0v) is 12.5. The monoisotopic (exact) mass is 273 g/mol. The van der Waals surface area contributed by atoms with Crippen LogP contribution >= 0.6 is 11.3 Å². The molecule has 0 radical (unpaired) electrons. The van der Waals surface area contributed by atoms with Crippen molar-refractivity contribution in [3.8, 4) is 0 Å². The molecular formula is C17H23NS. The summed E-state index contributed by atoms with van der Waals surface area (Å²) in [4.78, 5) is 0. The average molecular weight is 273 g/mol. The minimum Gasteiger partial charge on any atom is -0.321 e. The van der Waals surface area contributed by atoms with E-state index in [1.807, 2.05) is 11.3 Å². The lowest BCUT2D eigenvalue weighted by Gasteiger charge is -2.38. The van der Waals surface area contributed by atoms with Crippen LogP contribution in [0.3, 0.4) is 0 Å². The molecule has 0 aliphatic heterocycles. The molecular weight excluding hydrogens is 250 g/mol. The summed E-state index contributed by atoms with van der Waals surface area (Å²) in [7, 11) is 0. The molecule has 1 nitrogen and oxygen atoms in total. The summed E-state index contributed by atoms with van der Waals surface area (Å²) in [5, 5.41) is 3.53. The van der Waals surface area contributed by atoms with E-state index in [4.69, 9.17) is 5.73 Å². The highest BCUT2D eigenvalue weighted by Crippen LogP contribution is 2.42. The van der Waals surface area contributed by atoms with Crippen molar-refractivity contribution in [3.63, 3.8) is 0 Å². The van der Waals surface area contributed by atoms with Gasteiger partial charge in [0.05, 0.1) is 0 Å². The van der Waals surface area contributed by atoms with Gasteiger partial charge in [-0.2, -0.15) is 0 Å². The molecule has 1 heterocycles. The molecule has 0 unspecified atom stereocenters. The van der Waals surface area contributed by atoms with Crippen molar-refractivity contribution in [2.75, 3.05) is 0 Å². The molecule has 1 aliphatic rings. The molecule has 2 N–H and O–H groups in total. The van der Waals surface area contributed by atoms with Crippen molar-refractivity contribution in [2.24, 2.45) is 11.7 Å². The third kappa shape index (κ3) is 2.44. The second-order valence-electron chi connectivity index (χ2n) is 6.03. The predicted molar refractivity (Wildman–Crippen MR) is 84.6 cm³/mol. The third-order valence-electron chi connectivity index (χ3n) is 4.71. The lowest BCUT2D eigenvalue weighted by molar-refractivity contribution is 0.228. The summed E-state index contributed by atoms with van der Waals surface area (Å²) in [6, 6.07) is 8.81. The summed E-state index contributed by atoms with van der Waals surface area (Å²) in [6.07, 6.45) is 7.57. The SMILES string of the molecule is CCCC1CCC(N)(c2cccc3ccsc23)CC1. The number of thiophene rings is 1. The molecule has 3 rings (SSSR count). The first-order valence-corrected chi connectivity index (χ1v) is 8.36. The van der Waals surface area contributed by atoms with Crippen LogP contribution in [0.25, 0.3) is 10.1 Å². The van der Waals surface area contributed by atoms with Crippen molar-refractivity contribution in [2.45, 2.75) is 51.0 Å². The molecule has 1 aromatic heterocycles. The highest BCUT2D eigenvalue weighted by Gasteiger charge is 2.34. The summed E-state index contributed by atoms with van der Waals surface area (Å²) in [5.74, 6) is 0.907. The second kappa shape index (κ2) is 5.26. The van der Waals surface area contributed by atoms with E-state index in [1.54, 1.807) is 0 Å². The molecule has 1 fully saturated rings. The first-order chi connectivity index (χ1) is 9.23. The van der Waals surface area contributed by atoms with Crippen LogP contribution in [0.1, 0.15) is 51.0 Å². The molecule has 19 heavy (non-hydrogen) atoms. The molecule has 1 saturated carbocycles. The lowest BCUT2D eigenvalue weighted by Crippen LogP contribution is -2.40. The zero-order valence-electron chi connectivity index (χ0n) is 11.7. The fourth-order valence-corrected chi connectivity index (χ4v) is 4.57. The minimum absolute atomic E-state index is 0.0887. The quantitative estimate of drug-likeness (QED) is 0.832. The van der Waals surface area contributed by atoms with Gasteiger partial charge in [-0.1, -0.05) is 38.0 Å². The van der Waals surface area contributed by atoms with Gasteiger partial charge in [0.1, 0.15) is 0 Å². The normalized spacial score (nSPS) is 27.8. The third-order valence-corrected chi connectivity index (χ3v) is 5.67. The summed E-state index contributed by atoms with van der Waals surface area (Å²) in [6.45, 7) is 2.29. The Bertz CT molecular complexity index is 549. The maximum absolute atomic E-state index is 6.77. The molecule has 1 aliphatic carbocycles. The number of hydrogen-bond acceptors (Lipinski definition) is 2. The minimum atomic E-state index is -0.0887. The molecule has 0 atom stereocenters. The van der Waals surface area contributed by atoms with Gasteiger partial charge in [-0.05, 0) is 54.0 Å². The fraction of sp³-hybridized carbons (Fsp3) is 0.529. The van der Waals surface area contributed by atoms with Crippen LogP contribution in [0.2, 0.25) is 0 Å². The maximum atomic E-state index is 6.77. The van der Waals surface area contributed by atoms with Crippen LogP contribution in [0.4, 0.5) is 0 Å². The van der Waals surface area contributed by atoms with E-state index in [2.05, 4.69) is 36.6 Å². The van der Waals surface area contributed by atoms with Crippen LogP contribution < -0.4 is 5.73 Å². The Balaban J connectivity index is 1.87. The van der Waals surface area contributed by atoms with Gasteiger partial charge in [0.2, 0.25) is 0 Å². The first kappa shape index (κ1) is 13.1. The second-order valence-corrected chi connectivity index (χ2v) is 6.95. The van der Waals surface area contributed by atoms with Crippen LogP contribution in [0, 0.1) is 5.92 Å². The Hall–Kier alpha value is -0.860. The number of benzene rings is 1. The Morgan fingerprint density at radius 1 is 1.26 bits per heavy atom. The lowest BCUT2D eigenvalue weighted by atomic mass is 9.72. The molecule has 0 spiro atoms. The number of rotatable bonds is 3. The van der Waals surface area contributed by atoms with E-state index in [0.29, 0.717) is 0 Å². The fourth-order valence-electron chi connectivity index (χ4n) is 3.54. The van der Waals surface area contributed by atoms with Crippen molar-refractivity contribution < 1.29 is 0 Å². The molecule has 2 aromatic rings. The number of nitrogens with two attached hydrogens (primary N) is 1. The van der Waals surface area contributed by atoms with Crippen LogP contribution in [0.15, 0.2) is 29.6 Å². The van der Waals surface area contributed by atoms with Gasteiger partial charge in [-0.3, -0.25) is 0 Å². The molecule has 2 heteroatoms. The Kier molecular flexibility index (Phi) is 3.64. The maximum Gasteiger partial charge on any atom is 0.0424 e. The van der Waals surface area contributed by atoms with E-state index in [-0.39, 0.29) is 5.54 Å². The molecule has 102 valence electrons. The summed E-state index contributed by atoms with van der Waals surface area (Å²) >= 11 is 1.84. The van der Waals surface area contributed by atoms with Crippen molar-refractivity contribution >= 4 is 21.4 Å². The van der Waals surface area contributed by atoms with Gasteiger partial charge in [0.15, 0.2) is 0 Å². The summed E-state index contributed by atoms with van der Waals surface area (Å²) < 4.78 is 1.40. The van der Waals surface area contributed by atoms with E-state index in [9.17, 15) is 0 Å². The van der Waals surface area contributed by atoms with Crippen molar-refractivity contribution in [3.05, 3.63) is 35.2 Å². The predicted octanol–water partition coefficient (Wildman–Crippen LogP) is 5.05. The van der Waals surface area contributed by atoms with Gasteiger partial charge in [0.25, 0.3) is 0 Å². The van der Waals surface area contributed by atoms with Crippen LogP contribution in [-0.4, -0.2) is 0 Å². The van der Waals surface area contributed by atoms with Crippen LogP contribution in [-0.2, 0) is 5.54 Å². The highest BCUT2D eigenvalue weighted by molar-refractivity contribution is 7.17. The highest BCUT2D eigenvalue weighted by atomic mass is 32.1. The topological polar surface area (TPSA) is 26.0 Å². The Labute approximate surface area is 119 Å². The number of fused-ring (bicyclic) bond motifs is 1. The average Bonchev–Trinajstić information content (AvgIpc) is 2.90. The molecule has 1 aromatic carbocycles. The number of hydrogen-bond donors (Lipinski definition) is 1. The van der Waals surface area contributed by atoms with Crippen molar-refractivity contribution in [1.82, 2.24) is 0 Å². The summed E-state index contributed by atoms with van der Waals surface area (Å²) in [5.41, 5.74) is 8.07. The van der Waals surface area contributed by atoms with Gasteiger partial charge in [-0.25, -0.2) is 0 Å². The van der Waals surface area contributed by atoms with Gasteiger partial charge in [-0.15, -0.1) is 11.3 Å². The molecule has 0 amide bonds. The van der Waals surface area contributed by atoms with Gasteiger partial charge < -0.3 is 5.73 Å². The Morgan fingerprint density at radius 2 is 2.05 bits per heavy atom. The van der Waals surface area contributed by atoms with E-state index in [0.717, 1.165) is 18.8 Å². The van der Waals surface area contributed by atoms with E-state index < -0.39 is 0 Å². The molecule has 0 saturated heterocycles.